The second-order valence-electron chi connectivity index (χ2n) is 6.84. The first-order chi connectivity index (χ1) is 11.8. The summed E-state index contributed by atoms with van der Waals surface area (Å²) in [5, 5.41) is 7.57. The minimum Gasteiger partial charge on any atom is -0.326 e. The second-order valence-corrected chi connectivity index (χ2v) is 8.11. The average molecular weight is 356 g/mol. The molecule has 0 aliphatic heterocycles. The fraction of sp³-hybridized carbons (Fsp3) is 0.278. The molecule has 0 fully saturated rings. The van der Waals surface area contributed by atoms with Crippen LogP contribution in [0.5, 0.6) is 0 Å². The lowest BCUT2D eigenvalue weighted by atomic mass is 9.95. The molecule has 1 amide bonds. The smallest absolute Gasteiger partial charge is 0.237 e. The van der Waals surface area contributed by atoms with E-state index in [1.807, 2.05) is 57.2 Å². The number of amides is 1. The zero-order chi connectivity index (χ0) is 18.2. The van der Waals surface area contributed by atoms with E-state index in [9.17, 15) is 9.00 Å². The Kier molecular flexibility index (Phi) is 4.43. The van der Waals surface area contributed by atoms with E-state index in [0.717, 1.165) is 22.5 Å². The standard InChI is InChI=1S/C18H20N4O2S/c1-18(2,3)16(23)20-13-7-5-6-12(10-13)15-9-8-14-11-19-17(25(4)24)21-22(14)15/h5-11H,1-4H3,(H,20,23). The van der Waals surface area contributed by atoms with Crippen molar-refractivity contribution in [2.45, 2.75) is 25.9 Å². The molecule has 0 saturated carbocycles. The molecule has 0 saturated heterocycles. The molecule has 130 valence electrons. The molecular weight excluding hydrogens is 336 g/mol. The summed E-state index contributed by atoms with van der Waals surface area (Å²) in [5.41, 5.74) is 2.81. The van der Waals surface area contributed by atoms with Gasteiger partial charge in [0.25, 0.3) is 0 Å². The van der Waals surface area contributed by atoms with Crippen molar-refractivity contribution in [1.82, 2.24) is 14.6 Å². The van der Waals surface area contributed by atoms with Crippen LogP contribution in [-0.4, -0.2) is 31.0 Å². The highest BCUT2D eigenvalue weighted by Gasteiger charge is 2.21. The number of hydrogen-bond donors (Lipinski definition) is 1. The van der Waals surface area contributed by atoms with E-state index in [-0.39, 0.29) is 11.1 Å². The predicted octanol–water partition coefficient (Wildman–Crippen LogP) is 3.12. The van der Waals surface area contributed by atoms with Crippen molar-refractivity contribution < 1.29 is 9.00 Å². The molecule has 1 N–H and O–H groups in total. The van der Waals surface area contributed by atoms with Crippen molar-refractivity contribution in [3.8, 4) is 11.3 Å². The zero-order valence-electron chi connectivity index (χ0n) is 14.6. The van der Waals surface area contributed by atoms with Crippen LogP contribution in [0.4, 0.5) is 5.69 Å². The summed E-state index contributed by atoms with van der Waals surface area (Å²) in [4.78, 5) is 16.3. The maximum Gasteiger partial charge on any atom is 0.237 e. The quantitative estimate of drug-likeness (QED) is 0.782. The summed E-state index contributed by atoms with van der Waals surface area (Å²) in [6, 6.07) is 11.4. The molecule has 6 nitrogen and oxygen atoms in total. The number of benzene rings is 1. The number of fused-ring (bicyclic) bond motifs is 1. The fourth-order valence-corrected chi connectivity index (χ4v) is 2.71. The molecular formula is C18H20N4O2S. The van der Waals surface area contributed by atoms with Crippen molar-refractivity contribution >= 4 is 27.9 Å². The topological polar surface area (TPSA) is 76.4 Å². The Balaban J connectivity index is 2.01. The molecule has 3 aromatic rings. The third-order valence-corrected chi connectivity index (χ3v) is 4.43. The van der Waals surface area contributed by atoms with Crippen LogP contribution >= 0.6 is 0 Å². The third-order valence-electron chi connectivity index (χ3n) is 3.73. The van der Waals surface area contributed by atoms with Crippen molar-refractivity contribution in [1.29, 1.82) is 0 Å². The Labute approximate surface area is 148 Å². The third kappa shape index (κ3) is 3.61. The molecule has 2 heterocycles. The molecule has 0 radical (unpaired) electrons. The Bertz CT molecular complexity index is 973. The van der Waals surface area contributed by atoms with E-state index in [2.05, 4.69) is 15.4 Å². The van der Waals surface area contributed by atoms with Crippen molar-refractivity contribution in [3.63, 3.8) is 0 Å². The van der Waals surface area contributed by atoms with Gasteiger partial charge in [0.05, 0.1) is 28.2 Å². The van der Waals surface area contributed by atoms with Crippen LogP contribution in [0, 0.1) is 5.41 Å². The van der Waals surface area contributed by atoms with Gasteiger partial charge in [-0.1, -0.05) is 32.9 Å². The Morgan fingerprint density at radius 1 is 1.20 bits per heavy atom. The molecule has 1 unspecified atom stereocenters. The van der Waals surface area contributed by atoms with E-state index in [4.69, 9.17) is 0 Å². The Hall–Kier alpha value is -2.54. The number of hydrogen-bond acceptors (Lipinski definition) is 4. The van der Waals surface area contributed by atoms with Gasteiger partial charge in [-0.05, 0) is 24.3 Å². The highest BCUT2D eigenvalue weighted by atomic mass is 32.2. The molecule has 1 aromatic carbocycles. The predicted molar refractivity (Wildman–Crippen MR) is 98.8 cm³/mol. The van der Waals surface area contributed by atoms with Crippen molar-refractivity contribution in [2.75, 3.05) is 11.6 Å². The number of carbonyl (C=O) groups is 1. The summed E-state index contributed by atoms with van der Waals surface area (Å²) < 4.78 is 13.4. The van der Waals surface area contributed by atoms with Crippen LogP contribution in [-0.2, 0) is 15.6 Å². The largest absolute Gasteiger partial charge is 0.326 e. The number of aromatic nitrogens is 3. The van der Waals surface area contributed by atoms with Gasteiger partial charge in [0.1, 0.15) is 0 Å². The van der Waals surface area contributed by atoms with Gasteiger partial charge in [-0.15, -0.1) is 5.10 Å². The first-order valence-corrected chi connectivity index (χ1v) is 9.41. The highest BCUT2D eigenvalue weighted by Crippen LogP contribution is 2.25. The van der Waals surface area contributed by atoms with Crippen LogP contribution in [0.25, 0.3) is 16.8 Å². The molecule has 1 atom stereocenters. The minimum atomic E-state index is -1.26. The monoisotopic (exact) mass is 356 g/mol. The normalized spacial score (nSPS) is 13.0. The molecule has 3 rings (SSSR count). The second kappa shape index (κ2) is 6.40. The molecule has 25 heavy (non-hydrogen) atoms. The molecule has 0 spiro atoms. The van der Waals surface area contributed by atoms with E-state index >= 15 is 0 Å². The van der Waals surface area contributed by atoms with Crippen LogP contribution < -0.4 is 5.32 Å². The van der Waals surface area contributed by atoms with Gasteiger partial charge in [0.15, 0.2) is 0 Å². The average Bonchev–Trinajstić information content (AvgIpc) is 2.97. The van der Waals surface area contributed by atoms with E-state index in [1.165, 1.54) is 0 Å². The Morgan fingerprint density at radius 2 is 1.96 bits per heavy atom. The SMILES string of the molecule is CS(=O)c1ncc2ccc(-c3cccc(NC(=O)C(C)(C)C)c3)n2n1. The van der Waals surface area contributed by atoms with Gasteiger partial charge in [-0.25, -0.2) is 9.50 Å². The number of nitrogens with one attached hydrogen (secondary N) is 1. The van der Waals surface area contributed by atoms with E-state index in [0.29, 0.717) is 0 Å². The van der Waals surface area contributed by atoms with Gasteiger partial charge in [0.2, 0.25) is 11.1 Å². The highest BCUT2D eigenvalue weighted by molar-refractivity contribution is 7.84. The first kappa shape index (κ1) is 17.3. The summed E-state index contributed by atoms with van der Waals surface area (Å²) in [5.74, 6) is -0.0457. The van der Waals surface area contributed by atoms with Crippen LogP contribution in [0.15, 0.2) is 47.8 Å². The number of nitrogens with zero attached hydrogens (tertiary/aromatic N) is 3. The number of rotatable bonds is 3. The molecule has 7 heteroatoms. The molecule has 2 aromatic heterocycles. The van der Waals surface area contributed by atoms with Crippen molar-refractivity contribution in [3.05, 3.63) is 42.6 Å². The fourth-order valence-electron chi connectivity index (χ4n) is 2.31. The van der Waals surface area contributed by atoms with Gasteiger partial charge >= 0.3 is 0 Å². The Morgan fingerprint density at radius 3 is 2.64 bits per heavy atom. The number of anilines is 1. The minimum absolute atomic E-state index is 0.0457. The lowest BCUT2D eigenvalue weighted by Gasteiger charge is -2.18. The van der Waals surface area contributed by atoms with Crippen LogP contribution in [0.1, 0.15) is 20.8 Å². The van der Waals surface area contributed by atoms with E-state index in [1.54, 1.807) is 17.0 Å². The summed E-state index contributed by atoms with van der Waals surface area (Å²) >= 11 is 0. The lowest BCUT2D eigenvalue weighted by Crippen LogP contribution is -2.27. The van der Waals surface area contributed by atoms with Gasteiger partial charge in [0, 0.05) is 22.9 Å². The summed E-state index contributed by atoms with van der Waals surface area (Å²) in [7, 11) is -1.26. The van der Waals surface area contributed by atoms with Crippen molar-refractivity contribution in [2.24, 2.45) is 5.41 Å². The maximum absolute atomic E-state index is 12.2. The first-order valence-electron chi connectivity index (χ1n) is 7.86. The van der Waals surface area contributed by atoms with Gasteiger partial charge in [-0.3, -0.25) is 9.00 Å². The maximum atomic E-state index is 12.2. The van der Waals surface area contributed by atoms with Crippen LogP contribution in [0.3, 0.4) is 0 Å². The number of carbonyl (C=O) groups excluding carboxylic acids is 1. The van der Waals surface area contributed by atoms with Gasteiger partial charge < -0.3 is 5.32 Å². The van der Waals surface area contributed by atoms with E-state index < -0.39 is 16.2 Å². The summed E-state index contributed by atoms with van der Waals surface area (Å²) in [6.07, 6.45) is 3.20. The zero-order valence-corrected chi connectivity index (χ0v) is 15.4. The molecule has 0 aliphatic carbocycles. The lowest BCUT2D eigenvalue weighted by molar-refractivity contribution is -0.123. The van der Waals surface area contributed by atoms with Crippen LogP contribution in [0.2, 0.25) is 0 Å². The van der Waals surface area contributed by atoms with Gasteiger partial charge in [-0.2, -0.15) is 0 Å². The molecule has 0 bridgehead atoms. The summed E-state index contributed by atoms with van der Waals surface area (Å²) in [6.45, 7) is 5.61. The molecule has 0 aliphatic rings.